The molecule has 0 spiro atoms. The molecule has 0 saturated heterocycles. The van der Waals surface area contributed by atoms with Gasteiger partial charge in [0.05, 0.1) is 17.8 Å². The fourth-order valence-corrected chi connectivity index (χ4v) is 2.15. The Morgan fingerprint density at radius 1 is 1.36 bits per heavy atom. The van der Waals surface area contributed by atoms with Crippen molar-refractivity contribution in [2.24, 2.45) is 5.10 Å². The minimum Gasteiger partial charge on any atom is -0.503 e. The fourth-order valence-electron chi connectivity index (χ4n) is 1.69. The summed E-state index contributed by atoms with van der Waals surface area (Å²) in [5, 5.41) is 13.6. The number of amides is 1. The number of hydrogen-bond donors (Lipinski definition) is 3. The van der Waals surface area contributed by atoms with E-state index < -0.39 is 0 Å². The molecule has 0 aromatic heterocycles. The van der Waals surface area contributed by atoms with Gasteiger partial charge in [0.25, 0.3) is 5.91 Å². The zero-order valence-electron chi connectivity index (χ0n) is 11.7. The second-order valence-corrected chi connectivity index (χ2v) is 5.23. The number of hydrazone groups is 1. The zero-order valence-corrected chi connectivity index (χ0v) is 13.3. The van der Waals surface area contributed by atoms with Gasteiger partial charge in [-0.25, -0.2) is 5.43 Å². The van der Waals surface area contributed by atoms with Gasteiger partial charge in [-0.2, -0.15) is 5.10 Å². The van der Waals surface area contributed by atoms with Gasteiger partial charge in [-0.05, 0) is 57.9 Å². The normalized spacial score (nSPS) is 10.6. The summed E-state index contributed by atoms with van der Waals surface area (Å²) in [6.07, 6.45) is 1.45. The third-order valence-corrected chi connectivity index (χ3v) is 3.43. The molecule has 4 N–H and O–H groups in total. The Morgan fingerprint density at radius 2 is 2.05 bits per heavy atom. The molecule has 114 valence electrons. The molecule has 0 unspecified atom stereocenters. The average Bonchev–Trinajstić information content (AvgIpc) is 2.51. The summed E-state index contributed by atoms with van der Waals surface area (Å²) in [4.78, 5) is 11.9. The number of nitrogens with two attached hydrogens (primary N) is 1. The van der Waals surface area contributed by atoms with Gasteiger partial charge in [0.1, 0.15) is 0 Å². The third-order valence-electron chi connectivity index (χ3n) is 2.82. The maximum absolute atomic E-state index is 11.9. The second kappa shape index (κ2) is 6.95. The largest absolute Gasteiger partial charge is 0.503 e. The van der Waals surface area contributed by atoms with E-state index in [1.54, 1.807) is 36.4 Å². The van der Waals surface area contributed by atoms with Crippen LogP contribution < -0.4 is 15.9 Å². The predicted molar refractivity (Wildman–Crippen MR) is 88.3 cm³/mol. The molecule has 2 rings (SSSR count). The van der Waals surface area contributed by atoms with Crippen molar-refractivity contribution in [3.8, 4) is 11.5 Å². The molecule has 0 saturated carbocycles. The summed E-state index contributed by atoms with van der Waals surface area (Å²) in [6.45, 7) is 0. The number of phenolic OH excluding ortho intramolecular Hbond substituents is 1. The lowest BCUT2D eigenvalue weighted by molar-refractivity contribution is 0.0955. The summed E-state index contributed by atoms with van der Waals surface area (Å²) in [6, 6.07) is 9.75. The number of anilines is 1. The van der Waals surface area contributed by atoms with Gasteiger partial charge < -0.3 is 15.6 Å². The van der Waals surface area contributed by atoms with Gasteiger partial charge in [-0.3, -0.25) is 4.79 Å². The first kappa shape index (κ1) is 15.8. The summed E-state index contributed by atoms with van der Waals surface area (Å²) in [5.41, 5.74) is 9.66. The van der Waals surface area contributed by atoms with Crippen molar-refractivity contribution in [1.29, 1.82) is 0 Å². The van der Waals surface area contributed by atoms with Crippen LogP contribution in [0.25, 0.3) is 0 Å². The minimum absolute atomic E-state index is 0.00515. The molecule has 6 nitrogen and oxygen atoms in total. The van der Waals surface area contributed by atoms with E-state index in [0.29, 0.717) is 27.0 Å². The maximum atomic E-state index is 11.9. The van der Waals surface area contributed by atoms with Crippen LogP contribution in [-0.2, 0) is 0 Å². The van der Waals surface area contributed by atoms with Gasteiger partial charge in [0.15, 0.2) is 11.5 Å². The quantitative estimate of drug-likeness (QED) is 0.441. The number of rotatable bonds is 4. The fraction of sp³-hybridized carbons (Fsp3) is 0.0667. The first-order valence-corrected chi connectivity index (χ1v) is 7.06. The molecule has 0 aliphatic rings. The van der Waals surface area contributed by atoms with E-state index in [-0.39, 0.29) is 11.7 Å². The molecule has 2 aromatic rings. The van der Waals surface area contributed by atoms with Crippen LogP contribution in [0.4, 0.5) is 5.69 Å². The molecule has 22 heavy (non-hydrogen) atoms. The molecule has 0 radical (unpaired) electrons. The lowest BCUT2D eigenvalue weighted by atomic mass is 10.2. The molecule has 0 aliphatic carbocycles. The van der Waals surface area contributed by atoms with Crippen molar-refractivity contribution in [3.63, 3.8) is 0 Å². The molecular weight excluding hydrogens is 350 g/mol. The van der Waals surface area contributed by atoms with Crippen LogP contribution in [0.15, 0.2) is 46.0 Å². The van der Waals surface area contributed by atoms with Crippen LogP contribution >= 0.6 is 15.9 Å². The number of methoxy groups -OCH3 is 1. The lowest BCUT2D eigenvalue weighted by Gasteiger charge is -2.06. The molecule has 0 heterocycles. The van der Waals surface area contributed by atoms with Crippen LogP contribution in [0.5, 0.6) is 11.5 Å². The van der Waals surface area contributed by atoms with Gasteiger partial charge in [0.2, 0.25) is 0 Å². The summed E-state index contributed by atoms with van der Waals surface area (Å²) in [7, 11) is 1.45. The number of aromatic hydroxyl groups is 1. The molecular formula is C15H14BrN3O3. The monoisotopic (exact) mass is 363 g/mol. The minimum atomic E-state index is -0.346. The highest BCUT2D eigenvalue weighted by molar-refractivity contribution is 9.10. The van der Waals surface area contributed by atoms with Crippen molar-refractivity contribution in [3.05, 3.63) is 52.0 Å². The smallest absolute Gasteiger partial charge is 0.271 e. The molecule has 1 amide bonds. The molecule has 0 atom stereocenters. The highest BCUT2D eigenvalue weighted by Crippen LogP contribution is 2.34. The van der Waals surface area contributed by atoms with Gasteiger partial charge >= 0.3 is 0 Å². The zero-order chi connectivity index (χ0) is 16.1. The van der Waals surface area contributed by atoms with E-state index in [2.05, 4.69) is 26.5 Å². The number of nitrogens with zero attached hydrogens (tertiary/aromatic N) is 1. The van der Waals surface area contributed by atoms with E-state index in [0.717, 1.165) is 0 Å². The predicted octanol–water partition coefficient (Wildman–Crippen LogP) is 2.51. The number of hydrogen-bond acceptors (Lipinski definition) is 5. The third kappa shape index (κ3) is 3.76. The Balaban J connectivity index is 2.08. The number of carbonyl (C=O) groups excluding carboxylic acids is 1. The SMILES string of the molecule is COc1cc(/C=N/NC(=O)c2ccc(N)cc2)cc(Br)c1O. The van der Waals surface area contributed by atoms with E-state index in [9.17, 15) is 9.90 Å². The first-order chi connectivity index (χ1) is 10.5. The Morgan fingerprint density at radius 3 is 2.68 bits per heavy atom. The number of nitrogens with one attached hydrogen (secondary N) is 1. The highest BCUT2D eigenvalue weighted by atomic mass is 79.9. The molecule has 7 heteroatoms. The van der Waals surface area contributed by atoms with Crippen molar-refractivity contribution in [2.75, 3.05) is 12.8 Å². The van der Waals surface area contributed by atoms with E-state index in [4.69, 9.17) is 10.5 Å². The summed E-state index contributed by atoms with van der Waals surface area (Å²) < 4.78 is 5.50. The van der Waals surface area contributed by atoms with Gasteiger partial charge in [-0.15, -0.1) is 0 Å². The average molecular weight is 364 g/mol. The molecule has 0 aliphatic heterocycles. The number of halogens is 1. The Bertz CT molecular complexity index is 715. The van der Waals surface area contributed by atoms with E-state index >= 15 is 0 Å². The van der Waals surface area contributed by atoms with Crippen LogP contribution in [0.1, 0.15) is 15.9 Å². The number of benzene rings is 2. The van der Waals surface area contributed by atoms with Crippen molar-refractivity contribution in [2.45, 2.75) is 0 Å². The van der Waals surface area contributed by atoms with Crippen LogP contribution in [-0.4, -0.2) is 24.3 Å². The van der Waals surface area contributed by atoms with E-state index in [1.165, 1.54) is 13.3 Å². The number of phenols is 1. The highest BCUT2D eigenvalue weighted by Gasteiger charge is 2.08. The maximum Gasteiger partial charge on any atom is 0.271 e. The standard InChI is InChI=1S/C15H14BrN3O3/c1-22-13-7-9(6-12(16)14(13)20)8-18-19-15(21)10-2-4-11(17)5-3-10/h2-8,20H,17H2,1H3,(H,19,21)/b18-8+. The van der Waals surface area contributed by atoms with Crippen molar-refractivity contribution in [1.82, 2.24) is 5.43 Å². The van der Waals surface area contributed by atoms with Crippen LogP contribution in [0, 0.1) is 0 Å². The van der Waals surface area contributed by atoms with Crippen LogP contribution in [0.2, 0.25) is 0 Å². The lowest BCUT2D eigenvalue weighted by Crippen LogP contribution is -2.17. The summed E-state index contributed by atoms with van der Waals surface area (Å²) in [5.74, 6) is -0.0349. The van der Waals surface area contributed by atoms with Crippen LogP contribution in [0.3, 0.4) is 0 Å². The van der Waals surface area contributed by atoms with Crippen molar-refractivity contribution >= 4 is 33.7 Å². The molecule has 0 fully saturated rings. The summed E-state index contributed by atoms with van der Waals surface area (Å²) >= 11 is 3.21. The molecule has 2 aromatic carbocycles. The Kier molecular flexibility index (Phi) is 5.00. The van der Waals surface area contributed by atoms with Gasteiger partial charge in [0, 0.05) is 11.3 Å². The topological polar surface area (TPSA) is 96.9 Å². The second-order valence-electron chi connectivity index (χ2n) is 4.37. The van der Waals surface area contributed by atoms with E-state index in [1.807, 2.05) is 0 Å². The Hall–Kier alpha value is -2.54. The Labute approximate surface area is 135 Å². The first-order valence-electron chi connectivity index (χ1n) is 6.26. The number of ether oxygens (including phenoxy) is 1. The van der Waals surface area contributed by atoms with Gasteiger partial charge in [-0.1, -0.05) is 0 Å². The number of nitrogen functional groups attached to an aromatic ring is 1. The molecule has 0 bridgehead atoms. The number of carbonyl (C=O) groups is 1. The van der Waals surface area contributed by atoms with Crippen molar-refractivity contribution < 1.29 is 14.6 Å².